The van der Waals surface area contributed by atoms with E-state index in [2.05, 4.69) is 27.4 Å². The molecule has 144 valence electrons. The van der Waals surface area contributed by atoms with Crippen molar-refractivity contribution in [3.63, 3.8) is 0 Å². The van der Waals surface area contributed by atoms with Gasteiger partial charge in [0.2, 0.25) is 0 Å². The first-order chi connectivity index (χ1) is 13.5. The van der Waals surface area contributed by atoms with Crippen LogP contribution in [0, 0.1) is 0 Å². The van der Waals surface area contributed by atoms with Gasteiger partial charge < -0.3 is 10.1 Å². The highest BCUT2D eigenvalue weighted by Crippen LogP contribution is 2.26. The minimum atomic E-state index is -0.580. The van der Waals surface area contributed by atoms with E-state index in [1.54, 1.807) is 37.4 Å². The van der Waals surface area contributed by atoms with Gasteiger partial charge in [-0.05, 0) is 43.2 Å². The van der Waals surface area contributed by atoms with Gasteiger partial charge in [-0.25, -0.2) is 4.79 Å². The molecule has 0 aromatic heterocycles. The minimum Gasteiger partial charge on any atom is -0.453 e. The van der Waals surface area contributed by atoms with E-state index in [1.807, 2.05) is 24.3 Å². The third kappa shape index (κ3) is 4.03. The largest absolute Gasteiger partial charge is 0.453 e. The van der Waals surface area contributed by atoms with Crippen LogP contribution in [0.3, 0.4) is 0 Å². The molecule has 2 aromatic carbocycles. The molecule has 1 aliphatic heterocycles. The number of rotatable bonds is 5. The lowest BCUT2D eigenvalue weighted by Crippen LogP contribution is -2.22. The Morgan fingerprint density at radius 2 is 2.00 bits per heavy atom. The Labute approximate surface area is 163 Å². The number of hydrazone groups is 1. The molecule has 0 radical (unpaired) electrons. The zero-order valence-electron chi connectivity index (χ0n) is 16.0. The molecule has 2 aromatic rings. The summed E-state index contributed by atoms with van der Waals surface area (Å²) in [4.78, 5) is 24.3. The van der Waals surface area contributed by atoms with Gasteiger partial charge in [-0.15, -0.1) is 0 Å². The summed E-state index contributed by atoms with van der Waals surface area (Å²) >= 11 is 0. The van der Waals surface area contributed by atoms with E-state index in [0.717, 1.165) is 17.7 Å². The predicted molar refractivity (Wildman–Crippen MR) is 111 cm³/mol. The van der Waals surface area contributed by atoms with Crippen molar-refractivity contribution in [3.8, 4) is 0 Å². The van der Waals surface area contributed by atoms with E-state index in [1.165, 1.54) is 12.1 Å². The fourth-order valence-electron chi connectivity index (χ4n) is 2.86. The quantitative estimate of drug-likeness (QED) is 0.766. The number of nitrogens with zero attached hydrogens (tertiary/aromatic N) is 2. The zero-order chi connectivity index (χ0) is 20.1. The molecule has 1 aliphatic rings. The first kappa shape index (κ1) is 19.2. The molecule has 0 bridgehead atoms. The molecule has 28 heavy (non-hydrogen) atoms. The molecule has 0 saturated heterocycles. The lowest BCUT2D eigenvalue weighted by atomic mass is 10.1. The smallest absolute Gasteiger partial charge is 0.411 e. The maximum Gasteiger partial charge on any atom is 0.411 e. The number of anilines is 3. The molecule has 0 saturated carbocycles. The second kappa shape index (κ2) is 8.39. The number of carbonyl (C=O) groups is 2. The maximum absolute atomic E-state index is 12.9. The second-order valence-electron chi connectivity index (χ2n) is 6.18. The Balaban J connectivity index is 1.81. The highest BCUT2D eigenvalue weighted by Gasteiger charge is 2.29. The Morgan fingerprint density at radius 3 is 2.75 bits per heavy atom. The standard InChI is InChI=1S/C21H22N4O3/c1-4-15-8-5-6-11-19(15)22-13-18-14(2)24-25(20(18)26)17-10-7-9-16(12-17)23-21(27)28-3/h5-13,22H,4H2,1-3H3,(H,23,27). The third-order valence-corrected chi connectivity index (χ3v) is 4.36. The van der Waals surface area contributed by atoms with E-state index < -0.39 is 6.09 Å². The molecule has 7 nitrogen and oxygen atoms in total. The lowest BCUT2D eigenvalue weighted by molar-refractivity contribution is -0.114. The predicted octanol–water partition coefficient (Wildman–Crippen LogP) is 4.15. The van der Waals surface area contributed by atoms with E-state index in [4.69, 9.17) is 0 Å². The van der Waals surface area contributed by atoms with Crippen LogP contribution < -0.4 is 15.6 Å². The van der Waals surface area contributed by atoms with Gasteiger partial charge in [-0.1, -0.05) is 31.2 Å². The van der Waals surface area contributed by atoms with E-state index in [9.17, 15) is 9.59 Å². The van der Waals surface area contributed by atoms with E-state index >= 15 is 0 Å². The van der Waals surface area contributed by atoms with Crippen LogP contribution in [0.4, 0.5) is 21.9 Å². The molecule has 7 heteroatoms. The van der Waals surface area contributed by atoms with Crippen molar-refractivity contribution in [2.45, 2.75) is 20.3 Å². The van der Waals surface area contributed by atoms with Crippen molar-refractivity contribution in [2.24, 2.45) is 5.10 Å². The fraction of sp³-hybridized carbons (Fsp3) is 0.190. The average Bonchev–Trinajstić information content (AvgIpc) is 3.00. The first-order valence-electron chi connectivity index (χ1n) is 8.93. The second-order valence-corrected chi connectivity index (χ2v) is 6.18. The normalized spacial score (nSPS) is 14.8. The summed E-state index contributed by atoms with van der Waals surface area (Å²) in [5.74, 6) is -0.241. The number of ether oxygens (including phenoxy) is 1. The van der Waals surface area contributed by atoms with Crippen LogP contribution in [0.5, 0.6) is 0 Å². The van der Waals surface area contributed by atoms with Crippen molar-refractivity contribution in [3.05, 3.63) is 65.9 Å². The molecular weight excluding hydrogens is 356 g/mol. The lowest BCUT2D eigenvalue weighted by Gasteiger charge is -2.13. The Bertz CT molecular complexity index is 966. The molecule has 2 amide bonds. The van der Waals surface area contributed by atoms with Gasteiger partial charge in [0.15, 0.2) is 0 Å². The minimum absolute atomic E-state index is 0.241. The Morgan fingerprint density at radius 1 is 1.21 bits per heavy atom. The summed E-state index contributed by atoms with van der Waals surface area (Å²) in [6.45, 7) is 3.87. The van der Waals surface area contributed by atoms with Crippen LogP contribution in [-0.4, -0.2) is 24.8 Å². The van der Waals surface area contributed by atoms with E-state index in [0.29, 0.717) is 22.7 Å². The summed E-state index contributed by atoms with van der Waals surface area (Å²) in [6, 6.07) is 14.8. The van der Waals surface area contributed by atoms with Gasteiger partial charge >= 0.3 is 6.09 Å². The summed E-state index contributed by atoms with van der Waals surface area (Å²) in [5, 5.41) is 11.5. The zero-order valence-corrected chi connectivity index (χ0v) is 16.0. The number of aryl methyl sites for hydroxylation is 1. The molecule has 0 aliphatic carbocycles. The summed E-state index contributed by atoms with van der Waals surface area (Å²) in [5.41, 5.74) is 4.28. The number of nitrogens with one attached hydrogen (secondary N) is 2. The van der Waals surface area contributed by atoms with Crippen LogP contribution in [-0.2, 0) is 16.0 Å². The van der Waals surface area contributed by atoms with Crippen LogP contribution in [0.2, 0.25) is 0 Å². The SMILES string of the molecule is CCc1ccccc1NC=C1C(=O)N(c2cccc(NC(=O)OC)c2)N=C1C. The number of carbonyl (C=O) groups excluding carboxylic acids is 2. The van der Waals surface area contributed by atoms with Gasteiger partial charge in [0.05, 0.1) is 24.1 Å². The molecule has 0 atom stereocenters. The number of hydrogen-bond acceptors (Lipinski definition) is 5. The van der Waals surface area contributed by atoms with Crippen molar-refractivity contribution in [1.82, 2.24) is 0 Å². The van der Waals surface area contributed by atoms with Gasteiger partial charge in [-0.2, -0.15) is 10.1 Å². The highest BCUT2D eigenvalue weighted by molar-refractivity contribution is 6.29. The van der Waals surface area contributed by atoms with Crippen molar-refractivity contribution in [1.29, 1.82) is 0 Å². The van der Waals surface area contributed by atoms with Crippen LogP contribution in [0.25, 0.3) is 0 Å². The highest BCUT2D eigenvalue weighted by atomic mass is 16.5. The number of amides is 2. The van der Waals surface area contributed by atoms with Gasteiger partial charge in [-0.3, -0.25) is 10.1 Å². The number of hydrogen-bond donors (Lipinski definition) is 2. The van der Waals surface area contributed by atoms with E-state index in [-0.39, 0.29) is 5.91 Å². The van der Waals surface area contributed by atoms with Crippen LogP contribution in [0.1, 0.15) is 19.4 Å². The molecule has 1 heterocycles. The van der Waals surface area contributed by atoms with Crippen molar-refractivity contribution in [2.75, 3.05) is 22.8 Å². The van der Waals surface area contributed by atoms with Crippen molar-refractivity contribution < 1.29 is 14.3 Å². The number of para-hydroxylation sites is 1. The summed E-state index contributed by atoms with van der Waals surface area (Å²) in [7, 11) is 1.29. The molecule has 0 unspecified atom stereocenters. The molecule has 0 spiro atoms. The van der Waals surface area contributed by atoms with Gasteiger partial charge in [0.1, 0.15) is 0 Å². The average molecular weight is 378 g/mol. The fourth-order valence-corrected chi connectivity index (χ4v) is 2.86. The first-order valence-corrected chi connectivity index (χ1v) is 8.93. The summed E-state index contributed by atoms with van der Waals surface area (Å²) < 4.78 is 4.59. The third-order valence-electron chi connectivity index (χ3n) is 4.36. The van der Waals surface area contributed by atoms with Gasteiger partial charge in [0.25, 0.3) is 5.91 Å². The topological polar surface area (TPSA) is 83.0 Å². The van der Waals surface area contributed by atoms with Crippen LogP contribution in [0.15, 0.2) is 65.4 Å². The molecule has 3 rings (SSSR count). The Hall–Kier alpha value is -3.61. The Kier molecular flexibility index (Phi) is 5.74. The molecule has 0 fully saturated rings. The molecular formula is C21H22N4O3. The monoisotopic (exact) mass is 378 g/mol. The van der Waals surface area contributed by atoms with Crippen LogP contribution >= 0.6 is 0 Å². The maximum atomic E-state index is 12.9. The number of methoxy groups -OCH3 is 1. The van der Waals surface area contributed by atoms with Crippen molar-refractivity contribution >= 4 is 34.8 Å². The number of benzene rings is 2. The van der Waals surface area contributed by atoms with Gasteiger partial charge in [0, 0.05) is 17.6 Å². The molecule has 2 N–H and O–H groups in total. The summed E-state index contributed by atoms with van der Waals surface area (Å²) in [6.07, 6.45) is 2.00.